The van der Waals surface area contributed by atoms with E-state index >= 15 is 0 Å². The van der Waals surface area contributed by atoms with E-state index < -0.39 is 97.5 Å². The molecule has 3 N–H and O–H groups in total. The summed E-state index contributed by atoms with van der Waals surface area (Å²) in [5.41, 5.74) is 0. The molecule has 0 amide bonds. The molecule has 0 saturated heterocycles. The maximum atomic E-state index is 13.2. The lowest BCUT2D eigenvalue weighted by Gasteiger charge is -2.21. The number of phosphoric acid groups is 2. The monoisotopic (exact) mass is 1560 g/mol. The van der Waals surface area contributed by atoms with Gasteiger partial charge in [-0.1, -0.05) is 420 Å². The van der Waals surface area contributed by atoms with E-state index in [0.717, 1.165) is 115 Å². The highest BCUT2D eigenvalue weighted by Crippen LogP contribution is 2.45. The summed E-state index contributed by atoms with van der Waals surface area (Å²) in [5, 5.41) is 10.7. The number of ether oxygens (including phenoxy) is 4. The lowest BCUT2D eigenvalue weighted by atomic mass is 9.99. The average molecular weight is 1560 g/mol. The van der Waals surface area contributed by atoms with Crippen LogP contribution in [-0.2, 0) is 65.4 Å². The van der Waals surface area contributed by atoms with E-state index in [1.54, 1.807) is 0 Å². The Morgan fingerprint density at radius 2 is 0.477 bits per heavy atom. The van der Waals surface area contributed by atoms with Gasteiger partial charge in [0.1, 0.15) is 19.3 Å². The van der Waals surface area contributed by atoms with Crippen LogP contribution in [0.4, 0.5) is 0 Å². The molecule has 0 fully saturated rings. The first kappa shape index (κ1) is 105. The van der Waals surface area contributed by atoms with Gasteiger partial charge >= 0.3 is 39.5 Å². The summed E-state index contributed by atoms with van der Waals surface area (Å²) in [6, 6.07) is 0. The van der Waals surface area contributed by atoms with Crippen molar-refractivity contribution >= 4 is 39.5 Å². The van der Waals surface area contributed by atoms with Crippen molar-refractivity contribution in [3.05, 3.63) is 0 Å². The number of aliphatic hydroxyl groups is 1. The minimum absolute atomic E-state index is 0.108. The van der Waals surface area contributed by atoms with Gasteiger partial charge in [0.05, 0.1) is 26.4 Å². The van der Waals surface area contributed by atoms with Crippen molar-refractivity contribution in [2.75, 3.05) is 39.6 Å². The fraction of sp³-hybridized carbons (Fsp3) is 0.955. The molecule has 0 saturated carbocycles. The van der Waals surface area contributed by atoms with Crippen LogP contribution < -0.4 is 0 Å². The van der Waals surface area contributed by atoms with Gasteiger partial charge < -0.3 is 33.8 Å². The Hall–Kier alpha value is -1.94. The van der Waals surface area contributed by atoms with Crippen LogP contribution in [0.2, 0.25) is 0 Å². The van der Waals surface area contributed by atoms with E-state index in [1.807, 2.05) is 0 Å². The van der Waals surface area contributed by atoms with Crippen molar-refractivity contribution in [1.82, 2.24) is 0 Å². The Balaban J connectivity index is 5.15. The Morgan fingerprint density at radius 1 is 0.271 bits per heavy atom. The SMILES string of the molecule is CCCCCCCCCCCCCCCCCCCC(=O)O[C@H](COC(=O)CCCCCCCCC)COP(=O)(O)OC[C@H](O)COP(=O)(O)OC[C@@H](COC(=O)CCCCCCCCCCCCCCCCCCCCC(C)C)OC(=O)CCCCCCCCCCCCCCCCCCCCC(C)CC. The fourth-order valence-electron chi connectivity index (χ4n) is 13.7. The molecule has 3 unspecified atom stereocenters. The quantitative estimate of drug-likeness (QED) is 0.0222. The van der Waals surface area contributed by atoms with E-state index in [1.165, 1.54) is 276 Å². The smallest absolute Gasteiger partial charge is 0.462 e. The van der Waals surface area contributed by atoms with Crippen LogP contribution in [0.1, 0.15) is 472 Å². The molecule has 0 rings (SSSR count). The number of aliphatic hydroxyl groups excluding tert-OH is 1. The summed E-state index contributed by atoms with van der Waals surface area (Å²) >= 11 is 0. The summed E-state index contributed by atoms with van der Waals surface area (Å²) < 4.78 is 68.8. The minimum atomic E-state index is -4.97. The topological polar surface area (TPSA) is 237 Å². The number of carbonyl (C=O) groups excluding carboxylic acids is 4. The number of hydrogen-bond acceptors (Lipinski definition) is 15. The third kappa shape index (κ3) is 80.5. The molecule has 0 aromatic heterocycles. The number of phosphoric ester groups is 2. The zero-order valence-electron chi connectivity index (χ0n) is 70.5. The Kier molecular flexibility index (Phi) is 77.9. The number of carbonyl (C=O) groups is 4. The first-order chi connectivity index (χ1) is 51.9. The lowest BCUT2D eigenvalue weighted by Crippen LogP contribution is -2.30. The number of esters is 4. The molecule has 0 radical (unpaired) electrons. The Morgan fingerprint density at radius 3 is 0.710 bits per heavy atom. The highest BCUT2D eigenvalue weighted by Gasteiger charge is 2.31. The fourth-order valence-corrected chi connectivity index (χ4v) is 15.3. The standard InChI is InChI=1S/C88H172O17P2/c1-7-10-12-14-16-17-18-19-20-25-33-38-43-48-54-60-66-72-87(92)104-83(76-98-85(90)70-64-58-50-15-13-11-8-2)78-102-106(94,95)100-74-82(89)75-101-107(96,97)103-79-84(77-99-86(91)71-65-59-53-47-42-37-32-28-23-21-26-30-35-40-45-51-56-62-68-80(4)5)105-88(93)73-67-61-55-49-44-39-34-29-24-22-27-31-36-41-46-52-57-63-69-81(6)9-3/h80-84,89H,7-79H2,1-6H3,(H,94,95)(H,96,97)/t81?,82-,83+,84+/m0/s1. The summed E-state index contributed by atoms with van der Waals surface area (Å²) in [6.07, 6.45) is 72.4. The number of hydrogen-bond donors (Lipinski definition) is 3. The minimum Gasteiger partial charge on any atom is -0.462 e. The molecule has 0 aliphatic heterocycles. The van der Waals surface area contributed by atoms with E-state index in [2.05, 4.69) is 41.5 Å². The molecule has 19 heteroatoms. The van der Waals surface area contributed by atoms with Gasteiger partial charge in [0.2, 0.25) is 0 Å². The summed E-state index contributed by atoms with van der Waals surface area (Å²) in [6.45, 7) is 9.75. The van der Waals surface area contributed by atoms with E-state index in [0.29, 0.717) is 25.7 Å². The zero-order valence-corrected chi connectivity index (χ0v) is 72.2. The van der Waals surface area contributed by atoms with Crippen LogP contribution in [0.5, 0.6) is 0 Å². The highest BCUT2D eigenvalue weighted by atomic mass is 31.2. The van der Waals surface area contributed by atoms with Gasteiger partial charge in [0.25, 0.3) is 0 Å². The second kappa shape index (κ2) is 79.3. The van der Waals surface area contributed by atoms with Gasteiger partial charge in [-0.2, -0.15) is 0 Å². The predicted molar refractivity (Wildman–Crippen MR) is 442 cm³/mol. The first-order valence-corrected chi connectivity index (χ1v) is 48.5. The predicted octanol–water partition coefficient (Wildman–Crippen LogP) is 27.0. The van der Waals surface area contributed by atoms with Gasteiger partial charge in [-0.3, -0.25) is 37.3 Å². The third-order valence-electron chi connectivity index (χ3n) is 21.1. The zero-order chi connectivity index (χ0) is 78.5. The van der Waals surface area contributed by atoms with Gasteiger partial charge in [-0.25, -0.2) is 9.13 Å². The summed E-state index contributed by atoms with van der Waals surface area (Å²) in [7, 11) is -9.92. The molecule has 17 nitrogen and oxygen atoms in total. The van der Waals surface area contributed by atoms with Crippen molar-refractivity contribution in [1.29, 1.82) is 0 Å². The van der Waals surface area contributed by atoms with Crippen molar-refractivity contribution < 1.29 is 80.2 Å². The van der Waals surface area contributed by atoms with Gasteiger partial charge in [0, 0.05) is 25.7 Å². The lowest BCUT2D eigenvalue weighted by molar-refractivity contribution is -0.161. The van der Waals surface area contributed by atoms with Gasteiger partial charge in [-0.15, -0.1) is 0 Å². The summed E-state index contributed by atoms with van der Waals surface area (Å²) in [5.74, 6) is -0.410. The van der Waals surface area contributed by atoms with Gasteiger partial charge in [-0.05, 0) is 37.5 Å². The van der Waals surface area contributed by atoms with Crippen LogP contribution in [0, 0.1) is 11.8 Å². The molecular weight excluding hydrogens is 1390 g/mol. The molecule has 0 aliphatic carbocycles. The van der Waals surface area contributed by atoms with E-state index in [-0.39, 0.29) is 25.7 Å². The van der Waals surface area contributed by atoms with Crippen molar-refractivity contribution in [2.45, 2.75) is 490 Å². The second-order valence-corrected chi connectivity index (χ2v) is 35.3. The maximum Gasteiger partial charge on any atom is 0.472 e. The normalized spacial score (nSPS) is 14.0. The summed E-state index contributed by atoms with van der Waals surface area (Å²) in [4.78, 5) is 73.1. The van der Waals surface area contributed by atoms with Crippen LogP contribution in [0.3, 0.4) is 0 Å². The van der Waals surface area contributed by atoms with Crippen LogP contribution >= 0.6 is 15.6 Å². The average Bonchev–Trinajstić information content (AvgIpc) is 0.903. The van der Waals surface area contributed by atoms with E-state index in [4.69, 9.17) is 37.0 Å². The van der Waals surface area contributed by atoms with Crippen molar-refractivity contribution in [3.8, 4) is 0 Å². The molecule has 0 spiro atoms. The first-order valence-electron chi connectivity index (χ1n) is 45.5. The van der Waals surface area contributed by atoms with Crippen molar-refractivity contribution in [3.63, 3.8) is 0 Å². The third-order valence-corrected chi connectivity index (χ3v) is 23.0. The van der Waals surface area contributed by atoms with Crippen molar-refractivity contribution in [2.24, 2.45) is 11.8 Å². The molecule has 636 valence electrons. The maximum absolute atomic E-state index is 13.2. The number of unbranched alkanes of at least 4 members (excludes halogenated alkanes) is 56. The van der Waals surface area contributed by atoms with Gasteiger partial charge in [0.15, 0.2) is 12.2 Å². The molecule has 0 aromatic carbocycles. The Bertz CT molecular complexity index is 2050. The highest BCUT2D eigenvalue weighted by molar-refractivity contribution is 7.47. The molecular formula is C88H172O17P2. The van der Waals surface area contributed by atoms with E-state index in [9.17, 15) is 43.2 Å². The van der Waals surface area contributed by atoms with Crippen LogP contribution in [0.25, 0.3) is 0 Å². The van der Waals surface area contributed by atoms with Crippen LogP contribution in [0.15, 0.2) is 0 Å². The molecule has 0 aliphatic rings. The molecule has 107 heavy (non-hydrogen) atoms. The number of rotatable bonds is 87. The molecule has 6 atom stereocenters. The molecule has 0 heterocycles. The van der Waals surface area contributed by atoms with Crippen LogP contribution in [-0.4, -0.2) is 96.7 Å². The Labute approximate surface area is 658 Å². The molecule has 0 bridgehead atoms. The molecule has 0 aromatic rings. The second-order valence-electron chi connectivity index (χ2n) is 32.4. The largest absolute Gasteiger partial charge is 0.472 e.